The van der Waals surface area contributed by atoms with Crippen LogP contribution in [0.4, 0.5) is 0 Å². The Morgan fingerprint density at radius 3 is 2.12 bits per heavy atom. The number of amides is 2. The van der Waals surface area contributed by atoms with Crippen LogP contribution >= 0.6 is 0 Å². The van der Waals surface area contributed by atoms with Crippen molar-refractivity contribution >= 4 is 21.8 Å². The highest BCUT2D eigenvalue weighted by molar-refractivity contribution is 7.89. The van der Waals surface area contributed by atoms with Crippen molar-refractivity contribution in [3.63, 3.8) is 0 Å². The molecule has 0 spiro atoms. The van der Waals surface area contributed by atoms with Crippen molar-refractivity contribution in [3.8, 4) is 11.5 Å². The summed E-state index contributed by atoms with van der Waals surface area (Å²) in [6.45, 7) is 1.49. The van der Waals surface area contributed by atoms with Crippen LogP contribution < -0.4 is 20.1 Å². The summed E-state index contributed by atoms with van der Waals surface area (Å²) in [6.07, 6.45) is 3.32. The number of hydrogen-bond acceptors (Lipinski definition) is 6. The molecule has 2 aromatic carbocycles. The van der Waals surface area contributed by atoms with Crippen molar-refractivity contribution in [1.29, 1.82) is 0 Å². The largest absolute Gasteiger partial charge is 0.493 e. The highest BCUT2D eigenvalue weighted by Gasteiger charge is 2.25. The minimum Gasteiger partial charge on any atom is -0.493 e. The summed E-state index contributed by atoms with van der Waals surface area (Å²) in [7, 11) is -0.390. The van der Waals surface area contributed by atoms with Gasteiger partial charge in [-0.1, -0.05) is 24.6 Å². The molecule has 3 rings (SSSR count). The highest BCUT2D eigenvalue weighted by atomic mass is 32.2. The lowest BCUT2D eigenvalue weighted by Gasteiger charge is -2.25. The number of methoxy groups -OCH3 is 2. The molecule has 1 aliphatic rings. The molecule has 0 radical (unpaired) electrons. The van der Waals surface area contributed by atoms with Gasteiger partial charge in [0.05, 0.1) is 19.1 Å². The van der Waals surface area contributed by atoms with E-state index in [-0.39, 0.29) is 18.0 Å². The van der Waals surface area contributed by atoms with Crippen LogP contribution in [0.2, 0.25) is 0 Å². The van der Waals surface area contributed by atoms with Gasteiger partial charge < -0.3 is 20.1 Å². The van der Waals surface area contributed by atoms with Gasteiger partial charge in [-0.3, -0.25) is 9.59 Å². The Balaban J connectivity index is 1.45. The molecule has 1 heterocycles. The van der Waals surface area contributed by atoms with E-state index in [9.17, 15) is 18.0 Å². The van der Waals surface area contributed by atoms with Gasteiger partial charge in [-0.05, 0) is 54.7 Å². The Labute approximate surface area is 200 Å². The zero-order chi connectivity index (χ0) is 24.6. The number of sulfonamides is 1. The standard InChI is InChI=1S/C24H31N3O6S/c1-32-21-11-8-18(16-22(21)33-2)12-13-25-23(28)24(29)26-17-19-6-9-20(10-7-19)34(30,31)27-14-4-3-5-15-27/h6-11,16H,3-5,12-15,17H2,1-2H3,(H,25,28)(H,26,29). The first-order valence-corrected chi connectivity index (χ1v) is 12.6. The second-order valence-corrected chi connectivity index (χ2v) is 9.92. The quantitative estimate of drug-likeness (QED) is 0.520. The molecule has 2 N–H and O–H groups in total. The van der Waals surface area contributed by atoms with E-state index in [4.69, 9.17) is 9.47 Å². The van der Waals surface area contributed by atoms with Crippen molar-refractivity contribution < 1.29 is 27.5 Å². The lowest BCUT2D eigenvalue weighted by Crippen LogP contribution is -2.40. The summed E-state index contributed by atoms with van der Waals surface area (Å²) >= 11 is 0. The lowest BCUT2D eigenvalue weighted by atomic mass is 10.1. The molecular weight excluding hydrogens is 458 g/mol. The van der Waals surface area contributed by atoms with Gasteiger partial charge in [0.25, 0.3) is 0 Å². The number of carbonyl (C=O) groups excluding carboxylic acids is 2. The van der Waals surface area contributed by atoms with Gasteiger partial charge in [0.1, 0.15) is 0 Å². The average Bonchev–Trinajstić information content (AvgIpc) is 2.87. The molecule has 0 atom stereocenters. The first kappa shape index (κ1) is 25.5. The smallest absolute Gasteiger partial charge is 0.309 e. The summed E-state index contributed by atoms with van der Waals surface area (Å²) in [6, 6.07) is 11.8. The Hall–Kier alpha value is -3.11. The third kappa shape index (κ3) is 6.48. The van der Waals surface area contributed by atoms with Crippen molar-refractivity contribution in [1.82, 2.24) is 14.9 Å². The van der Waals surface area contributed by atoms with Gasteiger partial charge in [-0.25, -0.2) is 8.42 Å². The fourth-order valence-corrected chi connectivity index (χ4v) is 5.25. The third-order valence-corrected chi connectivity index (χ3v) is 7.60. The van der Waals surface area contributed by atoms with E-state index in [1.807, 2.05) is 12.1 Å². The van der Waals surface area contributed by atoms with Crippen molar-refractivity contribution in [3.05, 3.63) is 53.6 Å². The van der Waals surface area contributed by atoms with Crippen LogP contribution in [0.25, 0.3) is 0 Å². The monoisotopic (exact) mass is 489 g/mol. The number of nitrogens with one attached hydrogen (secondary N) is 2. The summed E-state index contributed by atoms with van der Waals surface area (Å²) < 4.78 is 37.4. The van der Waals surface area contributed by atoms with Crippen LogP contribution in [0.5, 0.6) is 11.5 Å². The molecule has 1 aliphatic heterocycles. The maximum Gasteiger partial charge on any atom is 0.309 e. The Morgan fingerprint density at radius 1 is 0.853 bits per heavy atom. The van der Waals surface area contributed by atoms with E-state index in [0.717, 1.165) is 24.8 Å². The van der Waals surface area contributed by atoms with Gasteiger partial charge in [0.15, 0.2) is 11.5 Å². The SMILES string of the molecule is COc1ccc(CCNC(=O)C(=O)NCc2ccc(S(=O)(=O)N3CCCCC3)cc2)cc1OC. The minimum absolute atomic E-state index is 0.117. The van der Waals surface area contributed by atoms with Crippen molar-refractivity contribution in [2.75, 3.05) is 33.9 Å². The van der Waals surface area contributed by atoms with E-state index >= 15 is 0 Å². The van der Waals surface area contributed by atoms with Crippen molar-refractivity contribution in [2.24, 2.45) is 0 Å². The Bertz CT molecular complexity index is 1100. The van der Waals surface area contributed by atoms with E-state index in [2.05, 4.69) is 10.6 Å². The topological polar surface area (TPSA) is 114 Å². The zero-order valence-corrected chi connectivity index (χ0v) is 20.3. The first-order valence-electron chi connectivity index (χ1n) is 11.2. The summed E-state index contributed by atoms with van der Waals surface area (Å²) in [4.78, 5) is 24.4. The molecule has 184 valence electrons. The summed E-state index contributed by atoms with van der Waals surface area (Å²) in [5.41, 5.74) is 1.63. The molecule has 2 aromatic rings. The number of hydrogen-bond donors (Lipinski definition) is 2. The molecule has 0 saturated carbocycles. The molecule has 0 aliphatic carbocycles. The molecule has 2 amide bonds. The van der Waals surface area contributed by atoms with Gasteiger partial charge >= 0.3 is 11.8 Å². The van der Waals surface area contributed by atoms with Gasteiger partial charge in [-0.15, -0.1) is 0 Å². The van der Waals surface area contributed by atoms with Crippen LogP contribution in [0, 0.1) is 0 Å². The second-order valence-electron chi connectivity index (χ2n) is 7.99. The third-order valence-electron chi connectivity index (χ3n) is 5.68. The minimum atomic E-state index is -3.50. The molecular formula is C24H31N3O6S. The van der Waals surface area contributed by atoms with Crippen LogP contribution in [0.15, 0.2) is 47.4 Å². The Morgan fingerprint density at radius 2 is 1.47 bits per heavy atom. The van der Waals surface area contributed by atoms with Gasteiger partial charge in [0.2, 0.25) is 10.0 Å². The zero-order valence-electron chi connectivity index (χ0n) is 19.5. The molecule has 10 heteroatoms. The predicted octanol–water partition coefficient (Wildman–Crippen LogP) is 1.85. The normalized spacial score (nSPS) is 14.3. The van der Waals surface area contributed by atoms with Crippen LogP contribution in [0.3, 0.4) is 0 Å². The first-order chi connectivity index (χ1) is 16.3. The molecule has 9 nitrogen and oxygen atoms in total. The lowest BCUT2D eigenvalue weighted by molar-refractivity contribution is -0.139. The van der Waals surface area contributed by atoms with E-state index < -0.39 is 21.8 Å². The van der Waals surface area contributed by atoms with E-state index in [1.165, 1.54) is 16.4 Å². The maximum absolute atomic E-state index is 12.7. The number of rotatable bonds is 9. The van der Waals surface area contributed by atoms with Gasteiger partial charge in [0, 0.05) is 26.2 Å². The molecule has 0 aromatic heterocycles. The fourth-order valence-electron chi connectivity index (χ4n) is 3.73. The fraction of sp³-hybridized carbons (Fsp3) is 0.417. The maximum atomic E-state index is 12.7. The second kappa shape index (κ2) is 11.8. The van der Waals surface area contributed by atoms with Crippen LogP contribution in [-0.4, -0.2) is 58.4 Å². The molecule has 0 bridgehead atoms. The number of piperidine rings is 1. The average molecular weight is 490 g/mol. The highest BCUT2D eigenvalue weighted by Crippen LogP contribution is 2.27. The predicted molar refractivity (Wildman–Crippen MR) is 127 cm³/mol. The van der Waals surface area contributed by atoms with Crippen molar-refractivity contribution in [2.45, 2.75) is 37.1 Å². The molecule has 0 unspecified atom stereocenters. The van der Waals surface area contributed by atoms with E-state index in [0.29, 0.717) is 36.6 Å². The number of carbonyl (C=O) groups is 2. The summed E-state index contributed by atoms with van der Waals surface area (Å²) in [5.74, 6) is -0.271. The number of ether oxygens (including phenoxy) is 2. The van der Waals surface area contributed by atoms with E-state index in [1.54, 1.807) is 32.4 Å². The molecule has 1 saturated heterocycles. The van der Waals surface area contributed by atoms with Crippen LogP contribution in [-0.2, 0) is 32.6 Å². The number of benzene rings is 2. The summed E-state index contributed by atoms with van der Waals surface area (Å²) in [5, 5.41) is 5.15. The number of nitrogens with zero attached hydrogens (tertiary/aromatic N) is 1. The Kier molecular flexibility index (Phi) is 8.89. The van der Waals surface area contributed by atoms with Gasteiger partial charge in [-0.2, -0.15) is 4.31 Å². The molecule has 34 heavy (non-hydrogen) atoms. The molecule has 1 fully saturated rings. The van der Waals surface area contributed by atoms with Crippen LogP contribution in [0.1, 0.15) is 30.4 Å².